The average Bonchev–Trinajstić information content (AvgIpc) is 3.18. The van der Waals surface area contributed by atoms with Crippen molar-refractivity contribution in [1.82, 2.24) is 4.98 Å². The van der Waals surface area contributed by atoms with E-state index in [0.717, 1.165) is 10.9 Å². The molecule has 0 aliphatic carbocycles. The maximum Gasteiger partial charge on any atom is 0.312 e. The Morgan fingerprint density at radius 1 is 1.13 bits per heavy atom. The molecule has 5 nitrogen and oxygen atoms in total. The number of aliphatic carboxylic acids is 1. The summed E-state index contributed by atoms with van der Waals surface area (Å²) in [6, 6.07) is 14.6. The number of carboxylic acids is 1. The van der Waals surface area contributed by atoms with E-state index >= 15 is 0 Å². The Bertz CT molecular complexity index is 929. The second-order valence-electron chi connectivity index (χ2n) is 5.65. The highest BCUT2D eigenvalue weighted by Crippen LogP contribution is 2.37. The van der Waals surface area contributed by atoms with E-state index in [1.165, 1.54) is 0 Å². The molecule has 114 valence electrons. The lowest BCUT2D eigenvalue weighted by atomic mass is 10.0. The van der Waals surface area contributed by atoms with Crippen LogP contribution in [-0.2, 0) is 4.79 Å². The summed E-state index contributed by atoms with van der Waals surface area (Å²) < 4.78 is 0. The number of anilines is 1. The van der Waals surface area contributed by atoms with Gasteiger partial charge in [-0.2, -0.15) is 0 Å². The summed E-state index contributed by atoms with van der Waals surface area (Å²) in [7, 11) is 0. The summed E-state index contributed by atoms with van der Waals surface area (Å²) in [5.74, 6) is -1.77. The van der Waals surface area contributed by atoms with Crippen molar-refractivity contribution in [1.29, 1.82) is 0 Å². The molecule has 0 saturated heterocycles. The van der Waals surface area contributed by atoms with E-state index in [1.807, 2.05) is 24.4 Å². The molecular weight excluding hydrogens is 292 g/mol. The molecule has 5 heteroatoms. The van der Waals surface area contributed by atoms with Gasteiger partial charge >= 0.3 is 5.97 Å². The maximum absolute atomic E-state index is 12.9. The monoisotopic (exact) mass is 306 g/mol. The lowest BCUT2D eigenvalue weighted by Gasteiger charge is -2.17. The fourth-order valence-electron chi connectivity index (χ4n) is 3.15. The number of aromatic amines is 1. The van der Waals surface area contributed by atoms with Gasteiger partial charge in [0.1, 0.15) is 5.92 Å². The van der Waals surface area contributed by atoms with E-state index in [-0.39, 0.29) is 12.5 Å². The zero-order valence-corrected chi connectivity index (χ0v) is 12.2. The molecule has 1 atom stereocenters. The highest BCUT2D eigenvalue weighted by atomic mass is 16.4. The molecule has 2 N–H and O–H groups in total. The molecule has 1 amide bonds. The number of amides is 1. The van der Waals surface area contributed by atoms with Crippen LogP contribution in [0.15, 0.2) is 54.7 Å². The summed E-state index contributed by atoms with van der Waals surface area (Å²) in [6.45, 7) is 0.163. The summed E-state index contributed by atoms with van der Waals surface area (Å²) in [6.07, 6.45) is 1.82. The third-order valence-corrected chi connectivity index (χ3v) is 4.31. The Hall–Kier alpha value is -3.08. The van der Waals surface area contributed by atoms with Crippen molar-refractivity contribution < 1.29 is 14.7 Å². The normalized spacial score (nSPS) is 16.5. The van der Waals surface area contributed by atoms with Gasteiger partial charge in [-0.1, -0.05) is 24.3 Å². The van der Waals surface area contributed by atoms with Crippen LogP contribution in [0.2, 0.25) is 0 Å². The minimum Gasteiger partial charge on any atom is -0.481 e. The molecule has 4 rings (SSSR count). The number of carboxylic acid groups (broad SMARTS) is 1. The van der Waals surface area contributed by atoms with Gasteiger partial charge in [0.25, 0.3) is 5.91 Å². The second kappa shape index (κ2) is 4.98. The van der Waals surface area contributed by atoms with Crippen LogP contribution in [0.3, 0.4) is 0 Å². The molecule has 1 unspecified atom stereocenters. The molecule has 2 heterocycles. The first kappa shape index (κ1) is 13.6. The molecular formula is C18H14N2O3. The van der Waals surface area contributed by atoms with Crippen LogP contribution in [0.4, 0.5) is 5.69 Å². The number of nitrogens with zero attached hydrogens (tertiary/aromatic N) is 1. The van der Waals surface area contributed by atoms with Gasteiger partial charge in [-0.15, -0.1) is 0 Å². The standard InChI is InChI=1S/C18H14N2O3/c21-17(12-6-5-11-7-8-19-15(11)9-12)20-10-14(18(22)23)13-3-1-2-4-16(13)20/h1-9,14,19H,10H2,(H,22,23). The van der Waals surface area contributed by atoms with Crippen LogP contribution < -0.4 is 4.90 Å². The van der Waals surface area contributed by atoms with Crippen LogP contribution in [-0.4, -0.2) is 28.5 Å². The number of fused-ring (bicyclic) bond motifs is 2. The van der Waals surface area contributed by atoms with E-state index in [1.54, 1.807) is 35.2 Å². The van der Waals surface area contributed by atoms with Gasteiger partial charge in [0, 0.05) is 29.5 Å². The van der Waals surface area contributed by atoms with Crippen LogP contribution >= 0.6 is 0 Å². The maximum atomic E-state index is 12.9. The van der Waals surface area contributed by atoms with Crippen LogP contribution in [0.25, 0.3) is 10.9 Å². The second-order valence-corrected chi connectivity index (χ2v) is 5.65. The summed E-state index contributed by atoms with van der Waals surface area (Å²) in [5.41, 5.74) is 2.80. The number of carbonyl (C=O) groups is 2. The lowest BCUT2D eigenvalue weighted by molar-refractivity contribution is -0.138. The van der Waals surface area contributed by atoms with E-state index in [9.17, 15) is 14.7 Å². The molecule has 3 aromatic rings. The molecule has 0 bridgehead atoms. The molecule has 1 aromatic heterocycles. The number of para-hydroxylation sites is 1. The first-order valence-corrected chi connectivity index (χ1v) is 7.36. The van der Waals surface area contributed by atoms with E-state index in [4.69, 9.17) is 0 Å². The number of hydrogen-bond acceptors (Lipinski definition) is 2. The van der Waals surface area contributed by atoms with E-state index in [0.29, 0.717) is 16.8 Å². The molecule has 0 fully saturated rings. The molecule has 0 spiro atoms. The predicted octanol–water partition coefficient (Wildman–Crippen LogP) is 3.00. The van der Waals surface area contributed by atoms with Gasteiger partial charge in [0.15, 0.2) is 0 Å². The van der Waals surface area contributed by atoms with Gasteiger partial charge in [-0.3, -0.25) is 9.59 Å². The van der Waals surface area contributed by atoms with Crippen molar-refractivity contribution in [3.05, 3.63) is 65.9 Å². The smallest absolute Gasteiger partial charge is 0.312 e. The van der Waals surface area contributed by atoms with Gasteiger partial charge in [0.2, 0.25) is 0 Å². The number of carbonyl (C=O) groups excluding carboxylic acids is 1. The quantitative estimate of drug-likeness (QED) is 0.764. The van der Waals surface area contributed by atoms with Gasteiger partial charge in [-0.25, -0.2) is 0 Å². The molecule has 1 aliphatic heterocycles. The molecule has 0 saturated carbocycles. The summed E-state index contributed by atoms with van der Waals surface area (Å²) >= 11 is 0. The largest absolute Gasteiger partial charge is 0.481 e. The summed E-state index contributed by atoms with van der Waals surface area (Å²) in [5, 5.41) is 10.4. The Balaban J connectivity index is 1.75. The first-order chi connectivity index (χ1) is 11.1. The van der Waals surface area contributed by atoms with Crippen molar-refractivity contribution in [3.8, 4) is 0 Å². The zero-order valence-electron chi connectivity index (χ0n) is 12.2. The predicted molar refractivity (Wildman–Crippen MR) is 86.8 cm³/mol. The minimum absolute atomic E-state index is 0.163. The topological polar surface area (TPSA) is 73.4 Å². The SMILES string of the molecule is O=C(O)C1CN(C(=O)c2ccc3cc[nH]c3c2)c2ccccc21. The van der Waals surface area contributed by atoms with Gasteiger partial charge in [0.05, 0.1) is 0 Å². The Morgan fingerprint density at radius 2 is 1.96 bits per heavy atom. The first-order valence-electron chi connectivity index (χ1n) is 7.36. The van der Waals surface area contributed by atoms with Gasteiger partial charge in [-0.05, 0) is 35.2 Å². The zero-order chi connectivity index (χ0) is 16.0. The van der Waals surface area contributed by atoms with Gasteiger partial charge < -0.3 is 15.0 Å². The van der Waals surface area contributed by atoms with E-state index in [2.05, 4.69) is 4.98 Å². The fraction of sp³-hybridized carbons (Fsp3) is 0.111. The minimum atomic E-state index is -0.910. The number of aromatic nitrogens is 1. The van der Waals surface area contributed by atoms with Crippen molar-refractivity contribution in [3.63, 3.8) is 0 Å². The van der Waals surface area contributed by atoms with Crippen LogP contribution in [0, 0.1) is 0 Å². The van der Waals surface area contributed by atoms with Crippen molar-refractivity contribution in [2.24, 2.45) is 0 Å². The Kier molecular flexibility index (Phi) is 2.94. The third kappa shape index (κ3) is 2.09. The number of nitrogens with one attached hydrogen (secondary N) is 1. The highest BCUT2D eigenvalue weighted by Gasteiger charge is 2.36. The van der Waals surface area contributed by atoms with Crippen LogP contribution in [0.1, 0.15) is 21.8 Å². The highest BCUT2D eigenvalue weighted by molar-refractivity contribution is 6.10. The molecule has 23 heavy (non-hydrogen) atoms. The number of benzene rings is 2. The van der Waals surface area contributed by atoms with E-state index < -0.39 is 11.9 Å². The van der Waals surface area contributed by atoms with Crippen molar-refractivity contribution in [2.75, 3.05) is 11.4 Å². The van der Waals surface area contributed by atoms with Crippen molar-refractivity contribution in [2.45, 2.75) is 5.92 Å². The molecule has 1 aliphatic rings. The Labute approximate surface area is 132 Å². The lowest BCUT2D eigenvalue weighted by Crippen LogP contribution is -2.31. The third-order valence-electron chi connectivity index (χ3n) is 4.31. The number of H-pyrrole nitrogens is 1. The van der Waals surface area contributed by atoms with Crippen molar-refractivity contribution >= 4 is 28.5 Å². The molecule has 2 aromatic carbocycles. The van der Waals surface area contributed by atoms with Crippen LogP contribution in [0.5, 0.6) is 0 Å². The average molecular weight is 306 g/mol. The molecule has 0 radical (unpaired) electrons. The summed E-state index contributed by atoms with van der Waals surface area (Å²) in [4.78, 5) is 29.0. The Morgan fingerprint density at radius 3 is 2.78 bits per heavy atom. The fourth-order valence-corrected chi connectivity index (χ4v) is 3.15. The number of hydrogen-bond donors (Lipinski definition) is 2. The number of rotatable bonds is 2.